The van der Waals surface area contributed by atoms with E-state index >= 15 is 0 Å². The van der Waals surface area contributed by atoms with E-state index in [0.29, 0.717) is 18.8 Å². The van der Waals surface area contributed by atoms with Gasteiger partial charge in [-0.2, -0.15) is 0 Å². The molecule has 0 aliphatic heterocycles. The van der Waals surface area contributed by atoms with Crippen LogP contribution < -0.4 is 10.1 Å². The summed E-state index contributed by atoms with van der Waals surface area (Å²) in [6, 6.07) is 13.2. The maximum absolute atomic E-state index is 13.1. The van der Waals surface area contributed by atoms with Crippen LogP contribution in [0.2, 0.25) is 0 Å². The zero-order valence-electron chi connectivity index (χ0n) is 18.1. The molecule has 5 nitrogen and oxygen atoms in total. The number of hydrogen-bond acceptors (Lipinski definition) is 3. The fourth-order valence-electron chi connectivity index (χ4n) is 3.13. The van der Waals surface area contributed by atoms with Crippen LogP contribution in [0.5, 0.6) is 5.75 Å². The molecule has 0 aromatic heterocycles. The molecule has 5 heteroatoms. The topological polar surface area (TPSA) is 58.6 Å². The van der Waals surface area contributed by atoms with E-state index in [9.17, 15) is 9.59 Å². The molecule has 1 N–H and O–H groups in total. The molecule has 156 valence electrons. The lowest BCUT2D eigenvalue weighted by atomic mass is 10.1. The second kappa shape index (κ2) is 10.6. The van der Waals surface area contributed by atoms with Gasteiger partial charge >= 0.3 is 0 Å². The molecule has 0 fully saturated rings. The number of nitrogens with one attached hydrogen (secondary N) is 1. The van der Waals surface area contributed by atoms with Crippen LogP contribution in [0.15, 0.2) is 42.5 Å². The Labute approximate surface area is 174 Å². The van der Waals surface area contributed by atoms with Crippen molar-refractivity contribution in [2.24, 2.45) is 0 Å². The lowest BCUT2D eigenvalue weighted by molar-refractivity contribution is -0.142. The highest BCUT2D eigenvalue weighted by molar-refractivity contribution is 5.88. The molecule has 0 saturated carbocycles. The average molecular weight is 397 g/mol. The van der Waals surface area contributed by atoms with E-state index in [1.54, 1.807) is 11.8 Å². The van der Waals surface area contributed by atoms with Crippen LogP contribution >= 0.6 is 0 Å². The molecule has 0 aliphatic carbocycles. The Morgan fingerprint density at radius 1 is 1.07 bits per heavy atom. The number of aryl methyl sites for hydroxylation is 3. The molecule has 1 atom stereocenters. The zero-order chi connectivity index (χ0) is 21.4. The minimum atomic E-state index is -0.587. The third kappa shape index (κ3) is 6.34. The van der Waals surface area contributed by atoms with E-state index in [0.717, 1.165) is 28.7 Å². The molecule has 0 spiro atoms. The molecule has 2 aromatic rings. The molecule has 0 saturated heterocycles. The van der Waals surface area contributed by atoms with Gasteiger partial charge < -0.3 is 15.0 Å². The van der Waals surface area contributed by atoms with Crippen molar-refractivity contribution in [2.75, 3.05) is 13.2 Å². The highest BCUT2D eigenvalue weighted by Gasteiger charge is 2.26. The molecular weight excluding hydrogens is 364 g/mol. The highest BCUT2D eigenvalue weighted by atomic mass is 16.5. The zero-order valence-corrected chi connectivity index (χ0v) is 18.1. The lowest BCUT2D eigenvalue weighted by Gasteiger charge is -2.29. The first kappa shape index (κ1) is 22.5. The van der Waals surface area contributed by atoms with Crippen molar-refractivity contribution >= 4 is 11.8 Å². The van der Waals surface area contributed by atoms with Crippen LogP contribution in [-0.4, -0.2) is 35.9 Å². The largest absolute Gasteiger partial charge is 0.483 e. The fraction of sp³-hybridized carbons (Fsp3) is 0.417. The maximum atomic E-state index is 13.1. The van der Waals surface area contributed by atoms with Gasteiger partial charge in [-0.25, -0.2) is 0 Å². The second-order valence-corrected chi connectivity index (χ2v) is 7.47. The summed E-state index contributed by atoms with van der Waals surface area (Å²) in [5.41, 5.74) is 4.23. The molecule has 0 heterocycles. The Morgan fingerprint density at radius 3 is 2.45 bits per heavy atom. The number of hydrogen-bond donors (Lipinski definition) is 1. The lowest BCUT2D eigenvalue weighted by Crippen LogP contribution is -2.49. The Bertz CT molecular complexity index is 848. The van der Waals surface area contributed by atoms with Crippen LogP contribution in [0.25, 0.3) is 0 Å². The van der Waals surface area contributed by atoms with E-state index in [1.807, 2.05) is 70.2 Å². The maximum Gasteiger partial charge on any atom is 0.261 e. The standard InChI is InChI=1S/C24H32N2O3/c1-6-13-25-24(28)20(5)26(15-21-10-8-7-9-18(21)3)23(27)16-29-22-12-11-17(2)14-19(22)4/h7-12,14,20H,6,13,15-16H2,1-5H3,(H,25,28)/t20-/m0/s1. The van der Waals surface area contributed by atoms with Crippen molar-refractivity contribution in [3.63, 3.8) is 0 Å². The van der Waals surface area contributed by atoms with Gasteiger partial charge in [0.1, 0.15) is 11.8 Å². The number of rotatable bonds is 9. The number of amides is 2. The van der Waals surface area contributed by atoms with Gasteiger partial charge in [0, 0.05) is 13.1 Å². The molecular formula is C24H32N2O3. The van der Waals surface area contributed by atoms with Crippen molar-refractivity contribution in [3.8, 4) is 5.75 Å². The van der Waals surface area contributed by atoms with Gasteiger partial charge in [-0.3, -0.25) is 9.59 Å². The van der Waals surface area contributed by atoms with Crippen molar-refractivity contribution in [1.82, 2.24) is 10.2 Å². The van der Waals surface area contributed by atoms with E-state index in [-0.39, 0.29) is 18.4 Å². The van der Waals surface area contributed by atoms with Crippen LogP contribution in [0.3, 0.4) is 0 Å². The molecule has 0 bridgehead atoms. The van der Waals surface area contributed by atoms with Gasteiger partial charge in [-0.05, 0) is 56.9 Å². The first-order valence-electron chi connectivity index (χ1n) is 10.1. The van der Waals surface area contributed by atoms with E-state index in [1.165, 1.54) is 0 Å². The Kier molecular flexibility index (Phi) is 8.25. The first-order chi connectivity index (χ1) is 13.8. The summed E-state index contributed by atoms with van der Waals surface area (Å²) < 4.78 is 5.79. The number of nitrogens with zero attached hydrogens (tertiary/aromatic N) is 1. The summed E-state index contributed by atoms with van der Waals surface area (Å²) in [5.74, 6) is 0.315. The summed E-state index contributed by atoms with van der Waals surface area (Å²) in [5, 5.41) is 2.88. The van der Waals surface area contributed by atoms with Crippen LogP contribution in [-0.2, 0) is 16.1 Å². The third-order valence-electron chi connectivity index (χ3n) is 5.00. The van der Waals surface area contributed by atoms with Crippen molar-refractivity contribution in [2.45, 2.75) is 53.6 Å². The second-order valence-electron chi connectivity index (χ2n) is 7.47. The quantitative estimate of drug-likeness (QED) is 0.699. The predicted octanol–water partition coefficient (Wildman–Crippen LogP) is 3.93. The smallest absolute Gasteiger partial charge is 0.261 e. The van der Waals surface area contributed by atoms with Gasteiger partial charge in [-0.1, -0.05) is 48.9 Å². The molecule has 2 aromatic carbocycles. The van der Waals surface area contributed by atoms with Crippen LogP contribution in [0.4, 0.5) is 0 Å². The van der Waals surface area contributed by atoms with Gasteiger partial charge in [0.05, 0.1) is 0 Å². The number of carbonyl (C=O) groups is 2. The van der Waals surface area contributed by atoms with E-state index in [4.69, 9.17) is 4.74 Å². The summed E-state index contributed by atoms with van der Waals surface area (Å²) in [4.78, 5) is 27.2. The van der Waals surface area contributed by atoms with Crippen LogP contribution in [0, 0.1) is 20.8 Å². The van der Waals surface area contributed by atoms with Gasteiger partial charge in [0.2, 0.25) is 5.91 Å². The highest BCUT2D eigenvalue weighted by Crippen LogP contribution is 2.19. The van der Waals surface area contributed by atoms with E-state index < -0.39 is 6.04 Å². The SMILES string of the molecule is CCCNC(=O)[C@H](C)N(Cc1ccccc1C)C(=O)COc1ccc(C)cc1C. The number of ether oxygens (including phenoxy) is 1. The fourth-order valence-corrected chi connectivity index (χ4v) is 3.13. The van der Waals surface area contributed by atoms with Gasteiger partial charge in [0.15, 0.2) is 6.61 Å². The van der Waals surface area contributed by atoms with Crippen molar-refractivity contribution in [3.05, 3.63) is 64.7 Å². The predicted molar refractivity (Wildman–Crippen MR) is 116 cm³/mol. The van der Waals surface area contributed by atoms with Gasteiger partial charge in [0.25, 0.3) is 5.91 Å². The molecule has 0 radical (unpaired) electrons. The van der Waals surface area contributed by atoms with Crippen LogP contribution in [0.1, 0.15) is 42.5 Å². The normalized spacial score (nSPS) is 11.6. The summed E-state index contributed by atoms with van der Waals surface area (Å²) in [6.07, 6.45) is 0.847. The Balaban J connectivity index is 2.17. The number of carbonyl (C=O) groups excluding carboxylic acids is 2. The van der Waals surface area contributed by atoms with Crippen molar-refractivity contribution < 1.29 is 14.3 Å². The Hall–Kier alpha value is -2.82. The third-order valence-corrected chi connectivity index (χ3v) is 5.00. The minimum Gasteiger partial charge on any atom is -0.483 e. The Morgan fingerprint density at radius 2 is 1.79 bits per heavy atom. The van der Waals surface area contributed by atoms with Gasteiger partial charge in [-0.15, -0.1) is 0 Å². The molecule has 29 heavy (non-hydrogen) atoms. The molecule has 0 aliphatic rings. The van der Waals surface area contributed by atoms with E-state index in [2.05, 4.69) is 5.32 Å². The number of benzene rings is 2. The molecule has 2 rings (SSSR count). The molecule has 2 amide bonds. The minimum absolute atomic E-state index is 0.110. The monoisotopic (exact) mass is 396 g/mol. The summed E-state index contributed by atoms with van der Waals surface area (Å²) in [7, 11) is 0. The molecule has 0 unspecified atom stereocenters. The first-order valence-corrected chi connectivity index (χ1v) is 10.1. The summed E-state index contributed by atoms with van der Waals surface area (Å²) >= 11 is 0. The summed E-state index contributed by atoms with van der Waals surface area (Å²) in [6.45, 7) is 10.6. The average Bonchev–Trinajstić information content (AvgIpc) is 2.70. The van der Waals surface area contributed by atoms with Crippen molar-refractivity contribution in [1.29, 1.82) is 0 Å².